The van der Waals surface area contributed by atoms with E-state index in [-0.39, 0.29) is 10.3 Å². The molecule has 2 N–H and O–H groups in total. The number of rotatable bonds is 2. The van der Waals surface area contributed by atoms with Crippen molar-refractivity contribution in [3.05, 3.63) is 29.8 Å². The average molecular weight is 323 g/mol. The third-order valence-corrected chi connectivity index (χ3v) is 4.79. The van der Waals surface area contributed by atoms with Gasteiger partial charge in [0.05, 0.1) is 11.0 Å². The molecule has 0 radical (unpaired) electrons. The first kappa shape index (κ1) is 18.6. The molecule has 1 fully saturated rings. The summed E-state index contributed by atoms with van der Waals surface area (Å²) in [6.07, 6.45) is 0. The molecule has 0 unspecified atom stereocenters. The van der Waals surface area contributed by atoms with Crippen LogP contribution in [0.15, 0.2) is 29.2 Å². The minimum atomic E-state index is -3.43. The van der Waals surface area contributed by atoms with Crippen LogP contribution in [0.2, 0.25) is 0 Å². The minimum Gasteiger partial charge on any atom is -0.314 e. The van der Waals surface area contributed by atoms with Gasteiger partial charge in [-0.25, -0.2) is 8.42 Å². The monoisotopic (exact) mass is 323 g/mol. The molecule has 1 heterocycles. The molecule has 122 valence electrons. The Morgan fingerprint density at radius 2 is 1.50 bits per heavy atom. The molecular weight excluding hydrogens is 298 g/mol. The van der Waals surface area contributed by atoms with Gasteiger partial charge in [-0.3, -0.25) is 0 Å². The maximum Gasteiger partial charge on any atom is 0.191 e. The van der Waals surface area contributed by atoms with Crippen molar-refractivity contribution in [1.29, 1.82) is 5.26 Å². The number of nitrogens with one attached hydrogen (secondary N) is 2. The lowest BCUT2D eigenvalue weighted by Gasteiger charge is -2.18. The maximum atomic E-state index is 11.6. The zero-order valence-electron chi connectivity index (χ0n) is 13.5. The number of benzene rings is 1. The van der Waals surface area contributed by atoms with Gasteiger partial charge in [0.2, 0.25) is 0 Å². The zero-order valence-corrected chi connectivity index (χ0v) is 14.3. The van der Waals surface area contributed by atoms with E-state index >= 15 is 0 Å². The van der Waals surface area contributed by atoms with Gasteiger partial charge in [-0.2, -0.15) is 5.26 Å². The molecule has 2 rings (SSSR count). The van der Waals surface area contributed by atoms with Gasteiger partial charge in [0.1, 0.15) is 5.75 Å². The molecule has 0 saturated carbocycles. The summed E-state index contributed by atoms with van der Waals surface area (Å²) in [7, 11) is -3.43. The molecule has 0 amide bonds. The van der Waals surface area contributed by atoms with Gasteiger partial charge in [0.25, 0.3) is 0 Å². The van der Waals surface area contributed by atoms with Gasteiger partial charge in [-0.05, 0) is 23.1 Å². The van der Waals surface area contributed by atoms with Crippen molar-refractivity contribution in [2.24, 2.45) is 0 Å². The molecule has 5 nitrogen and oxygen atoms in total. The van der Waals surface area contributed by atoms with E-state index in [1.54, 1.807) is 30.3 Å². The van der Waals surface area contributed by atoms with E-state index in [2.05, 4.69) is 31.4 Å². The third-order valence-electron chi connectivity index (χ3n) is 3.29. The quantitative estimate of drug-likeness (QED) is 0.861. The number of nitrogens with zero attached hydrogens (tertiary/aromatic N) is 1. The van der Waals surface area contributed by atoms with Gasteiger partial charge in [-0.1, -0.05) is 32.9 Å². The van der Waals surface area contributed by atoms with Gasteiger partial charge in [-0.15, -0.1) is 0 Å². The van der Waals surface area contributed by atoms with E-state index in [9.17, 15) is 8.42 Å². The summed E-state index contributed by atoms with van der Waals surface area (Å²) in [5, 5.41) is 14.9. The molecule has 1 aromatic carbocycles. The molecule has 1 aliphatic rings. The molecule has 0 aliphatic carbocycles. The predicted molar refractivity (Wildman–Crippen MR) is 88.5 cm³/mol. The standard InChI is InChI=1S/C12H15NO2S.C4H10N2/c1-12(2,3)10-4-6-11(7-5-10)16(14,15)9-8-13;1-2-6-4-3-5-1/h4-7H,9H2,1-3H3;5-6H,1-4H2. The van der Waals surface area contributed by atoms with Crippen LogP contribution >= 0.6 is 0 Å². The van der Waals surface area contributed by atoms with Crippen molar-refractivity contribution in [1.82, 2.24) is 10.6 Å². The molecule has 0 atom stereocenters. The van der Waals surface area contributed by atoms with E-state index < -0.39 is 15.6 Å². The van der Waals surface area contributed by atoms with Crippen LogP contribution in [0.1, 0.15) is 26.3 Å². The fourth-order valence-electron chi connectivity index (χ4n) is 1.93. The zero-order chi connectivity index (χ0) is 16.6. The first-order valence-corrected chi connectivity index (χ1v) is 9.04. The Morgan fingerprint density at radius 1 is 1.05 bits per heavy atom. The van der Waals surface area contributed by atoms with Crippen molar-refractivity contribution in [2.75, 3.05) is 31.9 Å². The number of sulfone groups is 1. The molecule has 6 heteroatoms. The number of nitriles is 1. The summed E-state index contributed by atoms with van der Waals surface area (Å²) in [4.78, 5) is 0.210. The van der Waals surface area contributed by atoms with Crippen molar-refractivity contribution >= 4 is 9.84 Å². The number of hydrogen-bond donors (Lipinski definition) is 2. The van der Waals surface area contributed by atoms with Crippen LogP contribution in [-0.2, 0) is 15.3 Å². The lowest BCUT2D eigenvalue weighted by atomic mass is 9.87. The Kier molecular flexibility index (Phi) is 7.01. The molecule has 0 bridgehead atoms. The summed E-state index contributed by atoms with van der Waals surface area (Å²) < 4.78 is 23.1. The second kappa shape index (κ2) is 8.28. The SMILES string of the molecule is C1CNCCN1.CC(C)(C)c1ccc(S(=O)(=O)CC#N)cc1. The first-order valence-electron chi connectivity index (χ1n) is 7.39. The molecule has 0 aromatic heterocycles. The van der Waals surface area contributed by atoms with Gasteiger partial charge in [0, 0.05) is 26.2 Å². The van der Waals surface area contributed by atoms with Crippen LogP contribution in [0, 0.1) is 11.3 Å². The summed E-state index contributed by atoms with van der Waals surface area (Å²) >= 11 is 0. The van der Waals surface area contributed by atoms with Gasteiger partial charge in [0.15, 0.2) is 9.84 Å². The van der Waals surface area contributed by atoms with Crippen LogP contribution in [-0.4, -0.2) is 40.3 Å². The second-order valence-corrected chi connectivity index (χ2v) is 8.18. The molecule has 1 aliphatic heterocycles. The van der Waals surface area contributed by atoms with Crippen LogP contribution in [0.25, 0.3) is 0 Å². The topological polar surface area (TPSA) is 82.0 Å². The van der Waals surface area contributed by atoms with E-state index in [4.69, 9.17) is 5.26 Å². The summed E-state index contributed by atoms with van der Waals surface area (Å²) in [5.41, 5.74) is 1.07. The smallest absolute Gasteiger partial charge is 0.191 e. The highest BCUT2D eigenvalue weighted by Crippen LogP contribution is 2.23. The minimum absolute atomic E-state index is 0.00246. The fourth-order valence-corrected chi connectivity index (χ4v) is 2.82. The Hall–Kier alpha value is -1.42. The van der Waals surface area contributed by atoms with Crippen molar-refractivity contribution < 1.29 is 8.42 Å². The van der Waals surface area contributed by atoms with Crippen LogP contribution in [0.3, 0.4) is 0 Å². The highest BCUT2D eigenvalue weighted by atomic mass is 32.2. The van der Waals surface area contributed by atoms with E-state index in [0.717, 1.165) is 31.7 Å². The predicted octanol–water partition coefficient (Wildman–Crippen LogP) is 1.46. The van der Waals surface area contributed by atoms with Crippen LogP contribution in [0.4, 0.5) is 0 Å². The Balaban J connectivity index is 0.000000335. The fraction of sp³-hybridized carbons (Fsp3) is 0.562. The lowest BCUT2D eigenvalue weighted by Crippen LogP contribution is -2.39. The number of piperazine rings is 1. The normalized spacial score (nSPS) is 15.4. The Labute approximate surface area is 133 Å². The highest BCUT2D eigenvalue weighted by Gasteiger charge is 2.17. The van der Waals surface area contributed by atoms with E-state index in [1.807, 2.05) is 0 Å². The van der Waals surface area contributed by atoms with Crippen molar-refractivity contribution in [3.63, 3.8) is 0 Å². The molecule has 1 saturated heterocycles. The molecule has 1 aromatic rings. The summed E-state index contributed by atoms with van der Waals surface area (Å²) in [6.45, 7) is 10.7. The van der Waals surface area contributed by atoms with Gasteiger partial charge < -0.3 is 10.6 Å². The summed E-state index contributed by atoms with van der Waals surface area (Å²) in [6, 6.07) is 8.38. The second-order valence-electron chi connectivity index (χ2n) is 6.19. The largest absolute Gasteiger partial charge is 0.314 e. The van der Waals surface area contributed by atoms with Crippen molar-refractivity contribution in [3.8, 4) is 6.07 Å². The first-order chi connectivity index (χ1) is 10.3. The van der Waals surface area contributed by atoms with Crippen molar-refractivity contribution in [2.45, 2.75) is 31.1 Å². The molecule has 22 heavy (non-hydrogen) atoms. The number of hydrogen-bond acceptors (Lipinski definition) is 5. The molecular formula is C16H25N3O2S. The van der Waals surface area contributed by atoms with E-state index in [1.165, 1.54) is 0 Å². The maximum absolute atomic E-state index is 11.6. The Morgan fingerprint density at radius 3 is 1.82 bits per heavy atom. The van der Waals surface area contributed by atoms with Gasteiger partial charge >= 0.3 is 0 Å². The Bertz CT molecular complexity index is 580. The molecule has 0 spiro atoms. The summed E-state index contributed by atoms with van der Waals surface area (Å²) in [5.74, 6) is -0.470. The third kappa shape index (κ3) is 6.14. The van der Waals surface area contributed by atoms with Crippen LogP contribution < -0.4 is 10.6 Å². The van der Waals surface area contributed by atoms with E-state index in [0.29, 0.717) is 0 Å². The average Bonchev–Trinajstić information content (AvgIpc) is 2.49. The lowest BCUT2D eigenvalue weighted by molar-refractivity contribution is 0.534. The van der Waals surface area contributed by atoms with Crippen LogP contribution in [0.5, 0.6) is 0 Å². The highest BCUT2D eigenvalue weighted by molar-refractivity contribution is 7.91.